The number of rotatable bonds is 6. The molecule has 1 N–H and O–H groups in total. The molecule has 2 heterocycles. The maximum absolute atomic E-state index is 10.8. The van der Waals surface area contributed by atoms with Crippen LogP contribution in [-0.2, 0) is 17.8 Å². The second-order valence-corrected chi connectivity index (χ2v) is 6.27. The number of aromatic nitrogens is 1. The molecule has 0 amide bonds. The van der Waals surface area contributed by atoms with Gasteiger partial charge in [0.05, 0.1) is 10.7 Å². The molecule has 1 unspecified atom stereocenters. The number of aryl methyl sites for hydroxylation is 1. The summed E-state index contributed by atoms with van der Waals surface area (Å²) in [7, 11) is 0. The van der Waals surface area contributed by atoms with E-state index in [1.165, 1.54) is 5.01 Å². The Morgan fingerprint density at radius 3 is 3.21 bits per heavy atom. The standard InChI is InChI=1S/C14H22N2O2S/c1-2-4-13-15-12(10-19-13)9-16-6-3-5-11(8-16)7-14(17)18/h10-11H,2-9H2,1H3,(H,17,18). The molecule has 1 aromatic rings. The van der Waals surface area contributed by atoms with Gasteiger partial charge in [-0.1, -0.05) is 6.92 Å². The number of carboxylic acids is 1. The molecule has 2 rings (SSSR count). The molecular formula is C14H22N2O2S. The zero-order valence-corrected chi connectivity index (χ0v) is 12.3. The molecule has 0 spiro atoms. The molecule has 0 saturated carbocycles. The molecule has 0 aliphatic carbocycles. The van der Waals surface area contributed by atoms with Crippen LogP contribution in [-0.4, -0.2) is 34.0 Å². The highest BCUT2D eigenvalue weighted by Crippen LogP contribution is 2.22. The van der Waals surface area contributed by atoms with E-state index in [1.807, 2.05) is 0 Å². The third-order valence-electron chi connectivity index (χ3n) is 3.52. The van der Waals surface area contributed by atoms with Crippen molar-refractivity contribution in [1.29, 1.82) is 0 Å². The number of carboxylic acid groups (broad SMARTS) is 1. The van der Waals surface area contributed by atoms with Gasteiger partial charge in [0.2, 0.25) is 0 Å². The first-order valence-corrected chi connectivity index (χ1v) is 7.92. The van der Waals surface area contributed by atoms with Gasteiger partial charge in [-0.25, -0.2) is 4.98 Å². The maximum Gasteiger partial charge on any atom is 0.303 e. The lowest BCUT2D eigenvalue weighted by Crippen LogP contribution is -2.35. The van der Waals surface area contributed by atoms with Crippen LogP contribution in [0.2, 0.25) is 0 Å². The Bertz CT molecular complexity index is 419. The third-order valence-corrected chi connectivity index (χ3v) is 4.47. The summed E-state index contributed by atoms with van der Waals surface area (Å²) in [6.07, 6.45) is 4.64. The SMILES string of the molecule is CCCc1nc(CN2CCCC(CC(=O)O)C2)cs1. The Morgan fingerprint density at radius 2 is 2.47 bits per heavy atom. The molecular weight excluding hydrogens is 260 g/mol. The number of hydrogen-bond donors (Lipinski definition) is 1. The molecule has 1 aliphatic rings. The summed E-state index contributed by atoms with van der Waals surface area (Å²) in [5.41, 5.74) is 1.14. The molecule has 1 atom stereocenters. The van der Waals surface area contributed by atoms with Crippen LogP contribution in [0.5, 0.6) is 0 Å². The van der Waals surface area contributed by atoms with Gasteiger partial charge in [-0.05, 0) is 38.1 Å². The zero-order chi connectivity index (χ0) is 13.7. The monoisotopic (exact) mass is 282 g/mol. The molecule has 106 valence electrons. The minimum atomic E-state index is -0.675. The van der Waals surface area contributed by atoms with Crippen molar-refractivity contribution in [2.45, 2.75) is 45.6 Å². The van der Waals surface area contributed by atoms with Crippen LogP contribution in [0.4, 0.5) is 0 Å². The van der Waals surface area contributed by atoms with E-state index in [2.05, 4.69) is 22.2 Å². The molecule has 1 saturated heterocycles. The Hall–Kier alpha value is -0.940. The summed E-state index contributed by atoms with van der Waals surface area (Å²) in [5, 5.41) is 12.2. The van der Waals surface area contributed by atoms with Gasteiger partial charge >= 0.3 is 5.97 Å². The zero-order valence-electron chi connectivity index (χ0n) is 11.5. The molecule has 1 fully saturated rings. The van der Waals surface area contributed by atoms with Gasteiger partial charge in [-0.3, -0.25) is 9.69 Å². The van der Waals surface area contributed by atoms with Gasteiger partial charge in [0.1, 0.15) is 0 Å². The largest absolute Gasteiger partial charge is 0.481 e. The number of likely N-dealkylation sites (tertiary alicyclic amines) is 1. The Kier molecular flexibility index (Phi) is 5.34. The van der Waals surface area contributed by atoms with E-state index in [9.17, 15) is 4.79 Å². The Morgan fingerprint density at radius 1 is 1.63 bits per heavy atom. The van der Waals surface area contributed by atoms with Crippen molar-refractivity contribution in [1.82, 2.24) is 9.88 Å². The molecule has 0 bridgehead atoms. The first-order chi connectivity index (χ1) is 9.17. The molecule has 5 heteroatoms. The summed E-state index contributed by atoms with van der Waals surface area (Å²) >= 11 is 1.74. The van der Waals surface area contributed by atoms with Crippen LogP contribution >= 0.6 is 11.3 Å². The summed E-state index contributed by atoms with van der Waals surface area (Å²) < 4.78 is 0. The van der Waals surface area contributed by atoms with Crippen LogP contribution in [0, 0.1) is 5.92 Å². The summed E-state index contributed by atoms with van der Waals surface area (Å²) in [4.78, 5) is 17.8. The smallest absolute Gasteiger partial charge is 0.303 e. The van der Waals surface area contributed by atoms with E-state index in [-0.39, 0.29) is 0 Å². The predicted molar refractivity (Wildman–Crippen MR) is 76.4 cm³/mol. The highest BCUT2D eigenvalue weighted by molar-refractivity contribution is 7.09. The van der Waals surface area contributed by atoms with E-state index in [1.54, 1.807) is 11.3 Å². The number of thiazole rings is 1. The Balaban J connectivity index is 1.85. The summed E-state index contributed by atoms with van der Waals surface area (Å²) in [6, 6.07) is 0. The van der Waals surface area contributed by atoms with Crippen LogP contribution in [0.25, 0.3) is 0 Å². The number of nitrogens with zero attached hydrogens (tertiary/aromatic N) is 2. The van der Waals surface area contributed by atoms with Crippen molar-refractivity contribution in [2.75, 3.05) is 13.1 Å². The van der Waals surface area contributed by atoms with Crippen molar-refractivity contribution >= 4 is 17.3 Å². The molecule has 0 radical (unpaired) electrons. The highest BCUT2D eigenvalue weighted by Gasteiger charge is 2.22. The van der Waals surface area contributed by atoms with Gasteiger partial charge < -0.3 is 5.11 Å². The fraction of sp³-hybridized carbons (Fsp3) is 0.714. The molecule has 0 aromatic carbocycles. The number of carbonyl (C=O) groups is 1. The molecule has 4 nitrogen and oxygen atoms in total. The number of aliphatic carboxylic acids is 1. The van der Waals surface area contributed by atoms with Gasteiger partial charge in [-0.2, -0.15) is 0 Å². The average Bonchev–Trinajstić information content (AvgIpc) is 2.76. The lowest BCUT2D eigenvalue weighted by molar-refractivity contribution is -0.138. The second kappa shape index (κ2) is 7.01. The van der Waals surface area contributed by atoms with E-state index in [0.717, 1.165) is 51.0 Å². The topological polar surface area (TPSA) is 53.4 Å². The number of piperidine rings is 1. The maximum atomic E-state index is 10.8. The van der Waals surface area contributed by atoms with E-state index < -0.39 is 5.97 Å². The lowest BCUT2D eigenvalue weighted by Gasteiger charge is -2.31. The van der Waals surface area contributed by atoms with Crippen LogP contribution in [0.1, 0.15) is 43.3 Å². The van der Waals surface area contributed by atoms with Gasteiger partial charge in [0, 0.05) is 24.9 Å². The molecule has 19 heavy (non-hydrogen) atoms. The fourth-order valence-electron chi connectivity index (χ4n) is 2.69. The van der Waals surface area contributed by atoms with Crippen molar-refractivity contribution in [3.8, 4) is 0 Å². The summed E-state index contributed by atoms with van der Waals surface area (Å²) in [6.45, 7) is 5.00. The van der Waals surface area contributed by atoms with E-state index >= 15 is 0 Å². The van der Waals surface area contributed by atoms with E-state index in [4.69, 9.17) is 5.11 Å². The highest BCUT2D eigenvalue weighted by atomic mass is 32.1. The summed E-state index contributed by atoms with van der Waals surface area (Å²) in [5.74, 6) is -0.370. The van der Waals surface area contributed by atoms with Gasteiger partial charge in [0.25, 0.3) is 0 Å². The third kappa shape index (κ3) is 4.58. The Labute approximate surface area is 118 Å². The molecule has 1 aliphatic heterocycles. The van der Waals surface area contributed by atoms with Gasteiger partial charge in [-0.15, -0.1) is 11.3 Å². The molecule has 1 aromatic heterocycles. The first kappa shape index (κ1) is 14.5. The average molecular weight is 282 g/mol. The minimum absolute atomic E-state index is 0.300. The lowest BCUT2D eigenvalue weighted by atomic mass is 9.95. The van der Waals surface area contributed by atoms with Crippen LogP contribution < -0.4 is 0 Å². The van der Waals surface area contributed by atoms with E-state index in [0.29, 0.717) is 12.3 Å². The van der Waals surface area contributed by atoms with Crippen LogP contribution in [0.15, 0.2) is 5.38 Å². The fourth-order valence-corrected chi connectivity index (χ4v) is 3.58. The predicted octanol–water partition coefficient (Wildman–Crippen LogP) is 2.78. The van der Waals surface area contributed by atoms with Crippen molar-refractivity contribution < 1.29 is 9.90 Å². The number of hydrogen-bond acceptors (Lipinski definition) is 4. The normalized spacial score (nSPS) is 20.6. The van der Waals surface area contributed by atoms with Crippen molar-refractivity contribution in [2.24, 2.45) is 5.92 Å². The minimum Gasteiger partial charge on any atom is -0.481 e. The van der Waals surface area contributed by atoms with Crippen LogP contribution in [0.3, 0.4) is 0 Å². The first-order valence-electron chi connectivity index (χ1n) is 7.04. The van der Waals surface area contributed by atoms with Crippen molar-refractivity contribution in [3.05, 3.63) is 16.1 Å². The quantitative estimate of drug-likeness (QED) is 0.871. The second-order valence-electron chi connectivity index (χ2n) is 5.32. The van der Waals surface area contributed by atoms with Gasteiger partial charge in [0.15, 0.2) is 0 Å². The van der Waals surface area contributed by atoms with Crippen molar-refractivity contribution in [3.63, 3.8) is 0 Å².